The summed E-state index contributed by atoms with van der Waals surface area (Å²) in [5.41, 5.74) is 3.02. The average Bonchev–Trinajstić information content (AvgIpc) is 2.97. The summed E-state index contributed by atoms with van der Waals surface area (Å²) in [6.07, 6.45) is 0. The van der Waals surface area contributed by atoms with Gasteiger partial charge in [0.15, 0.2) is 0 Å². The highest BCUT2D eigenvalue weighted by Crippen LogP contribution is 2.28. The van der Waals surface area contributed by atoms with Gasteiger partial charge < -0.3 is 4.52 Å². The largest absolute Gasteiger partial charge is 0.337 e. The number of benzene rings is 2. The minimum atomic E-state index is -0.428. The summed E-state index contributed by atoms with van der Waals surface area (Å²) in [7, 11) is 0. The van der Waals surface area contributed by atoms with Crippen molar-refractivity contribution in [1.82, 2.24) is 10.1 Å². The minimum absolute atomic E-state index is 0.411. The van der Waals surface area contributed by atoms with Crippen molar-refractivity contribution < 1.29 is 4.52 Å². The zero-order valence-corrected chi connectivity index (χ0v) is 11.7. The molecular formula is C16H13ClN2O. The molecule has 0 N–H and O–H groups in total. The number of alkyl halides is 1. The van der Waals surface area contributed by atoms with Crippen LogP contribution in [0.2, 0.25) is 0 Å². The first-order valence-electron chi connectivity index (χ1n) is 6.34. The van der Waals surface area contributed by atoms with Gasteiger partial charge in [0.2, 0.25) is 11.7 Å². The summed E-state index contributed by atoms with van der Waals surface area (Å²) >= 11 is 6.37. The van der Waals surface area contributed by atoms with E-state index in [-0.39, 0.29) is 0 Å². The van der Waals surface area contributed by atoms with Crippen LogP contribution in [0.25, 0.3) is 11.4 Å². The van der Waals surface area contributed by atoms with Gasteiger partial charge in [0.25, 0.3) is 0 Å². The Labute approximate surface area is 122 Å². The molecule has 0 radical (unpaired) electrons. The molecule has 4 heteroatoms. The maximum atomic E-state index is 6.37. The van der Waals surface area contributed by atoms with Gasteiger partial charge >= 0.3 is 0 Å². The van der Waals surface area contributed by atoms with Crippen molar-refractivity contribution in [3.05, 3.63) is 71.6 Å². The third-order valence-electron chi connectivity index (χ3n) is 3.03. The number of rotatable bonds is 3. The fourth-order valence-corrected chi connectivity index (χ4v) is 2.24. The Morgan fingerprint density at radius 1 is 1.05 bits per heavy atom. The molecule has 3 aromatic rings. The van der Waals surface area contributed by atoms with Gasteiger partial charge in [-0.15, -0.1) is 11.6 Å². The number of aromatic nitrogens is 2. The molecule has 0 aliphatic rings. The highest BCUT2D eigenvalue weighted by molar-refractivity contribution is 6.22. The molecule has 0 aliphatic heterocycles. The van der Waals surface area contributed by atoms with Crippen LogP contribution in [-0.4, -0.2) is 10.1 Å². The lowest BCUT2D eigenvalue weighted by atomic mass is 10.1. The Hall–Kier alpha value is -2.13. The first kappa shape index (κ1) is 12.9. The van der Waals surface area contributed by atoms with Crippen molar-refractivity contribution in [3.8, 4) is 11.4 Å². The molecule has 1 aromatic heterocycles. The van der Waals surface area contributed by atoms with E-state index in [1.807, 2.05) is 61.5 Å². The van der Waals surface area contributed by atoms with E-state index in [1.165, 1.54) is 0 Å². The molecule has 3 nitrogen and oxygen atoms in total. The predicted octanol–water partition coefficient (Wildman–Crippen LogP) is 4.37. The van der Waals surface area contributed by atoms with Gasteiger partial charge in [0.1, 0.15) is 5.38 Å². The molecule has 0 bridgehead atoms. The zero-order chi connectivity index (χ0) is 13.9. The summed E-state index contributed by atoms with van der Waals surface area (Å²) in [6, 6.07) is 17.6. The van der Waals surface area contributed by atoms with E-state index in [4.69, 9.17) is 16.1 Å². The van der Waals surface area contributed by atoms with Gasteiger partial charge in [-0.3, -0.25) is 0 Å². The Balaban J connectivity index is 1.91. The summed E-state index contributed by atoms with van der Waals surface area (Å²) < 4.78 is 5.28. The normalized spacial score (nSPS) is 12.3. The number of nitrogens with zero attached hydrogens (tertiary/aromatic N) is 2. The lowest BCUT2D eigenvalue weighted by molar-refractivity contribution is 0.383. The number of hydrogen-bond donors (Lipinski definition) is 0. The zero-order valence-electron chi connectivity index (χ0n) is 11.0. The molecule has 0 fully saturated rings. The van der Waals surface area contributed by atoms with Gasteiger partial charge in [-0.2, -0.15) is 4.98 Å². The number of halogens is 1. The van der Waals surface area contributed by atoms with E-state index < -0.39 is 5.38 Å². The van der Waals surface area contributed by atoms with Crippen LogP contribution in [0.3, 0.4) is 0 Å². The highest BCUT2D eigenvalue weighted by atomic mass is 35.5. The van der Waals surface area contributed by atoms with Crippen LogP contribution >= 0.6 is 11.6 Å². The molecule has 0 aliphatic carbocycles. The Morgan fingerprint density at radius 2 is 1.85 bits per heavy atom. The maximum Gasteiger partial charge on any atom is 0.249 e. The average molecular weight is 285 g/mol. The number of hydrogen-bond acceptors (Lipinski definition) is 3. The molecule has 1 heterocycles. The van der Waals surface area contributed by atoms with E-state index in [2.05, 4.69) is 10.1 Å². The van der Waals surface area contributed by atoms with Crippen molar-refractivity contribution in [3.63, 3.8) is 0 Å². The van der Waals surface area contributed by atoms with E-state index in [1.54, 1.807) is 0 Å². The maximum absolute atomic E-state index is 6.37. The molecule has 1 unspecified atom stereocenters. The van der Waals surface area contributed by atoms with E-state index in [0.717, 1.165) is 16.7 Å². The van der Waals surface area contributed by atoms with Gasteiger partial charge in [0, 0.05) is 5.56 Å². The Kier molecular flexibility index (Phi) is 3.52. The topological polar surface area (TPSA) is 38.9 Å². The van der Waals surface area contributed by atoms with Crippen molar-refractivity contribution in [2.24, 2.45) is 0 Å². The lowest BCUT2D eigenvalue weighted by Gasteiger charge is -2.03. The standard InChI is InChI=1S/C16H13ClN2O/c1-11-6-5-9-13(10-11)15-18-16(20-19-15)14(17)12-7-3-2-4-8-12/h2-10,14H,1H3. The quantitative estimate of drug-likeness (QED) is 0.670. The molecule has 1 atom stereocenters. The second-order valence-corrected chi connectivity index (χ2v) is 5.04. The smallest absolute Gasteiger partial charge is 0.249 e. The summed E-state index contributed by atoms with van der Waals surface area (Å²) in [5.74, 6) is 0.972. The molecule has 0 amide bonds. The van der Waals surface area contributed by atoms with Gasteiger partial charge in [-0.1, -0.05) is 59.3 Å². The fourth-order valence-electron chi connectivity index (χ4n) is 2.00. The van der Waals surface area contributed by atoms with Crippen LogP contribution in [-0.2, 0) is 0 Å². The summed E-state index contributed by atoms with van der Waals surface area (Å²) in [4.78, 5) is 4.39. The summed E-state index contributed by atoms with van der Waals surface area (Å²) in [6.45, 7) is 2.03. The van der Waals surface area contributed by atoms with Gasteiger partial charge in [-0.05, 0) is 18.6 Å². The molecule has 0 saturated heterocycles. The van der Waals surface area contributed by atoms with Gasteiger partial charge in [0.05, 0.1) is 0 Å². The van der Waals surface area contributed by atoms with Crippen LogP contribution in [0, 0.1) is 6.92 Å². The SMILES string of the molecule is Cc1cccc(-c2noc(C(Cl)c3ccccc3)n2)c1. The lowest BCUT2D eigenvalue weighted by Crippen LogP contribution is -1.93. The first-order valence-corrected chi connectivity index (χ1v) is 6.77. The van der Waals surface area contributed by atoms with Crippen molar-refractivity contribution in [2.75, 3.05) is 0 Å². The van der Waals surface area contributed by atoms with Gasteiger partial charge in [-0.25, -0.2) is 0 Å². The molecule has 3 rings (SSSR count). The van der Waals surface area contributed by atoms with E-state index in [0.29, 0.717) is 11.7 Å². The fraction of sp³-hybridized carbons (Fsp3) is 0.125. The van der Waals surface area contributed by atoms with Crippen molar-refractivity contribution in [2.45, 2.75) is 12.3 Å². The van der Waals surface area contributed by atoms with Crippen LogP contribution < -0.4 is 0 Å². The van der Waals surface area contributed by atoms with Crippen LogP contribution in [0.4, 0.5) is 0 Å². The van der Waals surface area contributed by atoms with Crippen molar-refractivity contribution >= 4 is 11.6 Å². The third kappa shape index (κ3) is 2.58. The monoisotopic (exact) mass is 284 g/mol. The minimum Gasteiger partial charge on any atom is -0.337 e. The molecular weight excluding hydrogens is 272 g/mol. The molecule has 0 spiro atoms. The number of aryl methyl sites for hydroxylation is 1. The Bertz CT molecular complexity index is 709. The second-order valence-electron chi connectivity index (χ2n) is 4.60. The van der Waals surface area contributed by atoms with Crippen LogP contribution in [0.1, 0.15) is 22.4 Å². The van der Waals surface area contributed by atoms with E-state index >= 15 is 0 Å². The molecule has 20 heavy (non-hydrogen) atoms. The molecule has 2 aromatic carbocycles. The van der Waals surface area contributed by atoms with Crippen LogP contribution in [0.5, 0.6) is 0 Å². The molecule has 0 saturated carbocycles. The Morgan fingerprint density at radius 3 is 2.60 bits per heavy atom. The third-order valence-corrected chi connectivity index (χ3v) is 3.47. The van der Waals surface area contributed by atoms with E-state index in [9.17, 15) is 0 Å². The summed E-state index contributed by atoms with van der Waals surface area (Å²) in [5, 5.41) is 3.58. The first-order chi connectivity index (χ1) is 9.74. The second kappa shape index (κ2) is 5.47. The van der Waals surface area contributed by atoms with Crippen molar-refractivity contribution in [1.29, 1.82) is 0 Å². The predicted molar refractivity (Wildman–Crippen MR) is 78.6 cm³/mol. The highest BCUT2D eigenvalue weighted by Gasteiger charge is 2.18. The van der Waals surface area contributed by atoms with Crippen LogP contribution in [0.15, 0.2) is 59.1 Å². The molecule has 100 valence electrons.